The molecular weight excluding hydrogens is 340 g/mol. The third-order valence-corrected chi connectivity index (χ3v) is 5.50. The zero-order valence-corrected chi connectivity index (χ0v) is 15.2. The van der Waals surface area contributed by atoms with E-state index in [1.807, 2.05) is 32.9 Å². The van der Waals surface area contributed by atoms with Crippen molar-refractivity contribution in [3.63, 3.8) is 0 Å². The predicted octanol–water partition coefficient (Wildman–Crippen LogP) is 3.37. The number of hydrogen-bond acceptors (Lipinski definition) is 4. The standard InChI is InChI=1S/C18H20N2O4S/c1-12-10-13(2)17(14(3)11-12)19-25(22,23)16-6-4-15(5-7-16)20-8-9-24-18(20)21/h4-7,10-11,19H,8-9H2,1-3H3. The van der Waals surface area contributed by atoms with Gasteiger partial charge in [0, 0.05) is 5.69 Å². The minimum Gasteiger partial charge on any atom is -0.447 e. The van der Waals surface area contributed by atoms with E-state index in [1.165, 1.54) is 17.0 Å². The van der Waals surface area contributed by atoms with Gasteiger partial charge in [0.1, 0.15) is 6.61 Å². The molecule has 0 atom stereocenters. The van der Waals surface area contributed by atoms with Crippen LogP contribution in [0.5, 0.6) is 0 Å². The first-order valence-electron chi connectivity index (χ1n) is 7.93. The summed E-state index contributed by atoms with van der Waals surface area (Å²) in [5.41, 5.74) is 4.04. The van der Waals surface area contributed by atoms with Crippen molar-refractivity contribution < 1.29 is 17.9 Å². The Morgan fingerprint density at radius 2 is 1.64 bits per heavy atom. The second kappa shape index (κ2) is 6.40. The van der Waals surface area contributed by atoms with Crippen molar-refractivity contribution in [2.24, 2.45) is 0 Å². The summed E-state index contributed by atoms with van der Waals surface area (Å²) in [5, 5.41) is 0. The monoisotopic (exact) mass is 360 g/mol. The first kappa shape index (κ1) is 17.3. The SMILES string of the molecule is Cc1cc(C)c(NS(=O)(=O)c2ccc(N3CCOC3=O)cc2)c(C)c1. The smallest absolute Gasteiger partial charge is 0.414 e. The second-order valence-corrected chi connectivity index (χ2v) is 7.82. The van der Waals surface area contributed by atoms with E-state index in [4.69, 9.17) is 4.74 Å². The van der Waals surface area contributed by atoms with Gasteiger partial charge in [0.15, 0.2) is 0 Å². The number of aryl methyl sites for hydroxylation is 3. The number of nitrogens with one attached hydrogen (secondary N) is 1. The lowest BCUT2D eigenvalue weighted by molar-refractivity contribution is 0.181. The lowest BCUT2D eigenvalue weighted by atomic mass is 10.1. The van der Waals surface area contributed by atoms with E-state index in [9.17, 15) is 13.2 Å². The highest BCUT2D eigenvalue weighted by atomic mass is 32.2. The quantitative estimate of drug-likeness (QED) is 0.907. The molecule has 3 rings (SSSR count). The van der Waals surface area contributed by atoms with Gasteiger partial charge in [-0.25, -0.2) is 13.2 Å². The van der Waals surface area contributed by atoms with Crippen molar-refractivity contribution in [1.82, 2.24) is 0 Å². The molecule has 1 fully saturated rings. The lowest BCUT2D eigenvalue weighted by Gasteiger charge is -2.16. The highest BCUT2D eigenvalue weighted by Gasteiger charge is 2.24. The van der Waals surface area contributed by atoms with Crippen molar-refractivity contribution in [3.05, 3.63) is 53.1 Å². The maximum atomic E-state index is 12.7. The van der Waals surface area contributed by atoms with Crippen LogP contribution >= 0.6 is 0 Å². The Bertz CT molecular complexity index is 898. The summed E-state index contributed by atoms with van der Waals surface area (Å²) in [6.45, 7) is 6.53. The first-order chi connectivity index (χ1) is 11.8. The highest BCUT2D eigenvalue weighted by Crippen LogP contribution is 2.26. The molecule has 0 spiro atoms. The lowest BCUT2D eigenvalue weighted by Crippen LogP contribution is -2.23. The summed E-state index contributed by atoms with van der Waals surface area (Å²) in [6.07, 6.45) is -0.417. The van der Waals surface area contributed by atoms with Crippen LogP contribution in [-0.2, 0) is 14.8 Å². The number of anilines is 2. The van der Waals surface area contributed by atoms with Crippen LogP contribution in [0.2, 0.25) is 0 Å². The van der Waals surface area contributed by atoms with Gasteiger partial charge >= 0.3 is 6.09 Å². The van der Waals surface area contributed by atoms with Crippen molar-refractivity contribution in [2.75, 3.05) is 22.8 Å². The summed E-state index contributed by atoms with van der Waals surface area (Å²) in [5.74, 6) is 0. The van der Waals surface area contributed by atoms with E-state index in [0.29, 0.717) is 24.5 Å². The van der Waals surface area contributed by atoms with E-state index in [0.717, 1.165) is 16.7 Å². The van der Waals surface area contributed by atoms with Crippen molar-refractivity contribution in [2.45, 2.75) is 25.7 Å². The molecule has 1 amide bonds. The van der Waals surface area contributed by atoms with Gasteiger partial charge in [0.2, 0.25) is 0 Å². The minimum absolute atomic E-state index is 0.142. The van der Waals surface area contributed by atoms with E-state index in [-0.39, 0.29) is 4.90 Å². The first-order valence-corrected chi connectivity index (χ1v) is 9.41. The molecule has 2 aromatic carbocycles. The van der Waals surface area contributed by atoms with Crippen LogP contribution in [0.1, 0.15) is 16.7 Å². The highest BCUT2D eigenvalue weighted by molar-refractivity contribution is 7.92. The Morgan fingerprint density at radius 1 is 1.04 bits per heavy atom. The number of ether oxygens (including phenoxy) is 1. The number of benzene rings is 2. The van der Waals surface area contributed by atoms with E-state index in [1.54, 1.807) is 12.1 Å². The molecule has 0 saturated carbocycles. The average Bonchev–Trinajstić information content (AvgIpc) is 2.97. The molecule has 132 valence electrons. The molecule has 25 heavy (non-hydrogen) atoms. The Hall–Kier alpha value is -2.54. The van der Waals surface area contributed by atoms with Crippen LogP contribution in [0.25, 0.3) is 0 Å². The van der Waals surface area contributed by atoms with Crippen molar-refractivity contribution in [3.8, 4) is 0 Å². The number of cyclic esters (lactones) is 1. The maximum Gasteiger partial charge on any atom is 0.414 e. The summed E-state index contributed by atoms with van der Waals surface area (Å²) < 4.78 is 32.9. The molecular formula is C18H20N2O4S. The Kier molecular flexibility index (Phi) is 4.43. The van der Waals surface area contributed by atoms with Gasteiger partial charge in [-0.15, -0.1) is 0 Å². The van der Waals surface area contributed by atoms with Gasteiger partial charge in [0.05, 0.1) is 17.1 Å². The molecule has 0 unspecified atom stereocenters. The average molecular weight is 360 g/mol. The van der Waals surface area contributed by atoms with Gasteiger partial charge in [-0.05, 0) is 56.2 Å². The van der Waals surface area contributed by atoms with Crippen LogP contribution in [-0.4, -0.2) is 27.7 Å². The molecule has 1 heterocycles. The molecule has 2 aromatic rings. The molecule has 0 bridgehead atoms. The van der Waals surface area contributed by atoms with Gasteiger partial charge in [0.25, 0.3) is 10.0 Å². The van der Waals surface area contributed by atoms with E-state index < -0.39 is 16.1 Å². The van der Waals surface area contributed by atoms with E-state index in [2.05, 4.69) is 4.72 Å². The third-order valence-electron chi connectivity index (χ3n) is 4.13. The van der Waals surface area contributed by atoms with Gasteiger partial charge in [-0.3, -0.25) is 9.62 Å². The second-order valence-electron chi connectivity index (χ2n) is 6.14. The number of nitrogens with zero attached hydrogens (tertiary/aromatic N) is 1. The van der Waals surface area contributed by atoms with Crippen molar-refractivity contribution >= 4 is 27.5 Å². The molecule has 0 aromatic heterocycles. The fourth-order valence-electron chi connectivity index (χ4n) is 2.97. The van der Waals surface area contributed by atoms with E-state index >= 15 is 0 Å². The maximum absolute atomic E-state index is 12.7. The van der Waals surface area contributed by atoms with Crippen molar-refractivity contribution in [1.29, 1.82) is 0 Å². The molecule has 1 aliphatic heterocycles. The Labute approximate surface area is 147 Å². The van der Waals surface area contributed by atoms with Crippen LogP contribution in [0, 0.1) is 20.8 Å². The zero-order valence-electron chi connectivity index (χ0n) is 14.4. The molecule has 1 saturated heterocycles. The van der Waals surface area contributed by atoms with Gasteiger partial charge < -0.3 is 4.74 Å². The molecule has 1 aliphatic rings. The molecule has 1 N–H and O–H groups in total. The largest absolute Gasteiger partial charge is 0.447 e. The normalized spacial score (nSPS) is 14.5. The number of carbonyl (C=O) groups is 1. The molecule has 6 nitrogen and oxygen atoms in total. The number of hydrogen-bond donors (Lipinski definition) is 1. The molecule has 0 radical (unpaired) electrons. The molecule has 7 heteroatoms. The van der Waals surface area contributed by atoms with Crippen LogP contribution in [0.4, 0.5) is 16.2 Å². The fraction of sp³-hybridized carbons (Fsp3) is 0.278. The third kappa shape index (κ3) is 3.46. The number of rotatable bonds is 4. The number of carbonyl (C=O) groups excluding carboxylic acids is 1. The Morgan fingerprint density at radius 3 is 2.16 bits per heavy atom. The van der Waals surface area contributed by atoms with Gasteiger partial charge in [-0.1, -0.05) is 17.7 Å². The number of sulfonamides is 1. The summed E-state index contributed by atoms with van der Waals surface area (Å²) in [4.78, 5) is 13.2. The van der Waals surface area contributed by atoms with Gasteiger partial charge in [-0.2, -0.15) is 0 Å². The zero-order chi connectivity index (χ0) is 18.2. The van der Waals surface area contributed by atoms with Crippen LogP contribution < -0.4 is 9.62 Å². The minimum atomic E-state index is -3.71. The number of amides is 1. The predicted molar refractivity (Wildman–Crippen MR) is 96.6 cm³/mol. The summed E-state index contributed by atoms with van der Waals surface area (Å²) in [6, 6.07) is 10.1. The van der Waals surface area contributed by atoms with Crippen LogP contribution in [0.15, 0.2) is 41.3 Å². The van der Waals surface area contributed by atoms with Crippen LogP contribution in [0.3, 0.4) is 0 Å². The fourth-order valence-corrected chi connectivity index (χ4v) is 4.17. The topological polar surface area (TPSA) is 75.7 Å². The Balaban J connectivity index is 1.87. The summed E-state index contributed by atoms with van der Waals surface area (Å²) in [7, 11) is -3.71. The summed E-state index contributed by atoms with van der Waals surface area (Å²) >= 11 is 0. The molecule has 0 aliphatic carbocycles.